The van der Waals surface area contributed by atoms with E-state index in [1.165, 1.54) is 18.3 Å². The Morgan fingerprint density at radius 2 is 1.81 bits per heavy atom. The monoisotopic (exact) mass is 360 g/mol. The van der Waals surface area contributed by atoms with E-state index in [1.54, 1.807) is 12.1 Å². The first-order valence-corrected chi connectivity index (χ1v) is 6.41. The van der Waals surface area contributed by atoms with Crippen LogP contribution in [0.3, 0.4) is 0 Å². The number of pyridine rings is 1. The number of aromatic nitrogens is 1. The number of benzene rings is 1. The average Bonchev–Trinajstić information content (AvgIpc) is 2.40. The van der Waals surface area contributed by atoms with Crippen molar-refractivity contribution in [1.29, 1.82) is 0 Å². The predicted molar refractivity (Wildman–Crippen MR) is 73.0 cm³/mol. The van der Waals surface area contributed by atoms with Crippen LogP contribution in [0.4, 0.5) is 18.9 Å². The zero-order valence-electron chi connectivity index (χ0n) is 10.3. The number of hydrogen-bond donors (Lipinski definition) is 1. The fourth-order valence-electron chi connectivity index (χ4n) is 1.45. The van der Waals surface area contributed by atoms with E-state index in [-0.39, 0.29) is 5.75 Å². The zero-order chi connectivity index (χ0) is 15.5. The van der Waals surface area contributed by atoms with E-state index in [1.807, 2.05) is 0 Å². The van der Waals surface area contributed by atoms with Crippen LogP contribution in [0.15, 0.2) is 47.2 Å². The van der Waals surface area contributed by atoms with Crippen LogP contribution in [-0.2, 0) is 0 Å². The summed E-state index contributed by atoms with van der Waals surface area (Å²) in [5.41, 5.74) is 0.672. The highest BCUT2D eigenvalue weighted by molar-refractivity contribution is 9.10. The fraction of sp³-hybridized carbons (Fsp3) is 0.0769. The molecule has 0 bridgehead atoms. The second kappa shape index (κ2) is 6.13. The van der Waals surface area contributed by atoms with Gasteiger partial charge in [0.15, 0.2) is 0 Å². The largest absolute Gasteiger partial charge is 0.573 e. The number of carbonyl (C=O) groups excluding carboxylic acids is 1. The molecule has 0 spiro atoms. The minimum Gasteiger partial charge on any atom is -0.406 e. The molecule has 1 heterocycles. The van der Waals surface area contributed by atoms with Gasteiger partial charge in [-0.05, 0) is 52.3 Å². The number of hydrogen-bond acceptors (Lipinski definition) is 3. The van der Waals surface area contributed by atoms with Gasteiger partial charge in [0.2, 0.25) is 0 Å². The first-order valence-electron chi connectivity index (χ1n) is 5.62. The number of nitrogens with one attached hydrogen (secondary N) is 1. The molecule has 1 amide bonds. The summed E-state index contributed by atoms with van der Waals surface area (Å²) in [5.74, 6) is -0.773. The molecule has 8 heteroatoms. The molecule has 0 aliphatic heterocycles. The van der Waals surface area contributed by atoms with Crippen LogP contribution in [0.1, 0.15) is 10.4 Å². The summed E-state index contributed by atoms with van der Waals surface area (Å²) in [5, 5.41) is 2.54. The minimum absolute atomic E-state index is 0.328. The van der Waals surface area contributed by atoms with Crippen molar-refractivity contribution >= 4 is 27.5 Å². The standard InChI is InChI=1S/C13H8BrF3N2O2/c14-11-6-1-8(7-18-11)12(20)19-9-2-4-10(5-3-9)21-13(15,16)17/h1-7H,(H,19,20). The summed E-state index contributed by atoms with van der Waals surface area (Å²) >= 11 is 3.14. The average molecular weight is 361 g/mol. The number of alkyl halides is 3. The lowest BCUT2D eigenvalue weighted by Gasteiger charge is -2.10. The van der Waals surface area contributed by atoms with Crippen LogP contribution >= 0.6 is 15.9 Å². The first-order chi connectivity index (χ1) is 9.83. The maximum absolute atomic E-state index is 12.0. The van der Waals surface area contributed by atoms with E-state index in [2.05, 4.69) is 31.0 Å². The molecular formula is C13H8BrF3N2O2. The molecule has 1 aromatic carbocycles. The normalized spacial score (nSPS) is 11.0. The molecule has 2 rings (SSSR count). The van der Waals surface area contributed by atoms with Crippen molar-refractivity contribution < 1.29 is 22.7 Å². The predicted octanol–water partition coefficient (Wildman–Crippen LogP) is 4.00. The maximum atomic E-state index is 12.0. The molecule has 0 saturated heterocycles. The first kappa shape index (κ1) is 15.3. The van der Waals surface area contributed by atoms with Gasteiger partial charge in [0.25, 0.3) is 5.91 Å². The Morgan fingerprint density at radius 3 is 2.33 bits per heavy atom. The summed E-state index contributed by atoms with van der Waals surface area (Å²) in [7, 11) is 0. The van der Waals surface area contributed by atoms with Gasteiger partial charge in [-0.2, -0.15) is 0 Å². The van der Waals surface area contributed by atoms with Crippen LogP contribution in [0.2, 0.25) is 0 Å². The van der Waals surface area contributed by atoms with Crippen molar-refractivity contribution in [2.24, 2.45) is 0 Å². The van der Waals surface area contributed by atoms with E-state index < -0.39 is 12.3 Å². The molecule has 0 atom stereocenters. The number of amides is 1. The van der Waals surface area contributed by atoms with Gasteiger partial charge in [-0.25, -0.2) is 4.98 Å². The van der Waals surface area contributed by atoms with Crippen LogP contribution in [0.5, 0.6) is 5.75 Å². The van der Waals surface area contributed by atoms with E-state index in [9.17, 15) is 18.0 Å². The third-order valence-corrected chi connectivity index (χ3v) is 2.80. The molecule has 0 fully saturated rings. The lowest BCUT2D eigenvalue weighted by molar-refractivity contribution is -0.274. The van der Waals surface area contributed by atoms with Gasteiger partial charge in [0, 0.05) is 11.9 Å². The van der Waals surface area contributed by atoms with Crippen molar-refractivity contribution in [3.05, 3.63) is 52.8 Å². The topological polar surface area (TPSA) is 51.2 Å². The smallest absolute Gasteiger partial charge is 0.406 e. The fourth-order valence-corrected chi connectivity index (χ4v) is 1.69. The van der Waals surface area contributed by atoms with Gasteiger partial charge < -0.3 is 10.1 Å². The molecule has 4 nitrogen and oxygen atoms in total. The molecule has 1 N–H and O–H groups in total. The minimum atomic E-state index is -4.74. The molecule has 0 radical (unpaired) electrons. The van der Waals surface area contributed by atoms with Crippen molar-refractivity contribution in [3.8, 4) is 5.75 Å². The molecule has 2 aromatic rings. The molecular weight excluding hydrogens is 353 g/mol. The second-order valence-electron chi connectivity index (χ2n) is 3.90. The van der Waals surface area contributed by atoms with Gasteiger partial charge in [0.1, 0.15) is 10.4 Å². The number of ether oxygens (including phenoxy) is 1. The van der Waals surface area contributed by atoms with E-state index >= 15 is 0 Å². The summed E-state index contributed by atoms with van der Waals surface area (Å²) in [6, 6.07) is 8.02. The molecule has 0 aliphatic carbocycles. The quantitative estimate of drug-likeness (QED) is 0.841. The van der Waals surface area contributed by atoms with Gasteiger partial charge in [0.05, 0.1) is 5.56 Å². The molecule has 21 heavy (non-hydrogen) atoms. The highest BCUT2D eigenvalue weighted by Crippen LogP contribution is 2.24. The molecule has 1 aromatic heterocycles. The maximum Gasteiger partial charge on any atom is 0.573 e. The number of anilines is 1. The van der Waals surface area contributed by atoms with Gasteiger partial charge in [-0.15, -0.1) is 13.2 Å². The highest BCUT2D eigenvalue weighted by Gasteiger charge is 2.30. The van der Waals surface area contributed by atoms with Gasteiger partial charge in [-0.3, -0.25) is 4.79 Å². The summed E-state index contributed by atoms with van der Waals surface area (Å²) in [6.07, 6.45) is -3.37. The number of rotatable bonds is 3. The van der Waals surface area contributed by atoms with Crippen molar-refractivity contribution in [3.63, 3.8) is 0 Å². The Morgan fingerprint density at radius 1 is 1.14 bits per heavy atom. The second-order valence-corrected chi connectivity index (χ2v) is 4.71. The Kier molecular flexibility index (Phi) is 4.46. The van der Waals surface area contributed by atoms with Gasteiger partial charge in [-0.1, -0.05) is 0 Å². The van der Waals surface area contributed by atoms with Crippen LogP contribution in [-0.4, -0.2) is 17.3 Å². The number of carbonyl (C=O) groups is 1. The van der Waals surface area contributed by atoms with E-state index in [4.69, 9.17) is 0 Å². The van der Waals surface area contributed by atoms with E-state index in [0.717, 1.165) is 12.1 Å². The molecule has 0 saturated carbocycles. The van der Waals surface area contributed by atoms with E-state index in [0.29, 0.717) is 15.9 Å². The summed E-state index contributed by atoms with van der Waals surface area (Å²) in [6.45, 7) is 0. The lowest BCUT2D eigenvalue weighted by atomic mass is 10.2. The van der Waals surface area contributed by atoms with Gasteiger partial charge >= 0.3 is 6.36 Å². The zero-order valence-corrected chi connectivity index (χ0v) is 11.9. The van der Waals surface area contributed by atoms with Crippen molar-refractivity contribution in [2.75, 3.05) is 5.32 Å². The lowest BCUT2D eigenvalue weighted by Crippen LogP contribution is -2.17. The summed E-state index contributed by atoms with van der Waals surface area (Å²) in [4.78, 5) is 15.8. The SMILES string of the molecule is O=C(Nc1ccc(OC(F)(F)F)cc1)c1ccc(Br)nc1. The third-order valence-electron chi connectivity index (χ3n) is 2.34. The Hall–Kier alpha value is -2.09. The van der Waals surface area contributed by atoms with Crippen molar-refractivity contribution in [2.45, 2.75) is 6.36 Å². The summed E-state index contributed by atoms with van der Waals surface area (Å²) < 4.78 is 40.3. The van der Waals surface area contributed by atoms with Crippen LogP contribution < -0.4 is 10.1 Å². The van der Waals surface area contributed by atoms with Crippen molar-refractivity contribution in [1.82, 2.24) is 4.98 Å². The number of halogens is 4. The highest BCUT2D eigenvalue weighted by atomic mass is 79.9. The Labute approximate surface area is 126 Å². The third kappa shape index (κ3) is 4.75. The van der Waals surface area contributed by atoms with Crippen LogP contribution in [0, 0.1) is 0 Å². The molecule has 0 unspecified atom stereocenters. The molecule has 110 valence electrons. The number of nitrogens with zero attached hydrogens (tertiary/aromatic N) is 1. The van der Waals surface area contributed by atoms with Crippen LogP contribution in [0.25, 0.3) is 0 Å². The molecule has 0 aliphatic rings. The Bertz CT molecular complexity index is 627. The Balaban J connectivity index is 2.03.